The van der Waals surface area contributed by atoms with Crippen LogP contribution in [0.5, 0.6) is 0 Å². The lowest BCUT2D eigenvalue weighted by atomic mass is 10.0. The number of para-hydroxylation sites is 1. The molecule has 0 fully saturated rings. The third-order valence-corrected chi connectivity index (χ3v) is 4.27. The second-order valence-corrected chi connectivity index (χ2v) is 5.88. The highest BCUT2D eigenvalue weighted by Gasteiger charge is 2.16. The molecule has 110 valence electrons. The fourth-order valence-corrected chi connectivity index (χ4v) is 3.00. The number of anilines is 1. The van der Waals surface area contributed by atoms with Crippen molar-refractivity contribution in [3.63, 3.8) is 0 Å². The molecule has 0 aliphatic heterocycles. The Morgan fingerprint density at radius 2 is 1.77 bits per heavy atom. The van der Waals surface area contributed by atoms with Crippen LogP contribution in [0.3, 0.4) is 0 Å². The number of rotatable bonds is 3. The number of nitrogens with one attached hydrogen (secondary N) is 1. The van der Waals surface area contributed by atoms with Gasteiger partial charge in [0, 0.05) is 5.56 Å². The van der Waals surface area contributed by atoms with Gasteiger partial charge in [-0.2, -0.15) is 0 Å². The van der Waals surface area contributed by atoms with Crippen molar-refractivity contribution in [1.82, 2.24) is 0 Å². The molecule has 2 nitrogen and oxygen atoms in total. The first-order valence-electron chi connectivity index (χ1n) is 6.85. The molecule has 0 bridgehead atoms. The minimum Gasteiger partial charge on any atom is -0.319 e. The number of benzene rings is 2. The van der Waals surface area contributed by atoms with E-state index in [1.165, 1.54) is 17.4 Å². The molecule has 22 heavy (non-hydrogen) atoms. The summed E-state index contributed by atoms with van der Waals surface area (Å²) in [5.41, 5.74) is 3.19. The van der Waals surface area contributed by atoms with Crippen molar-refractivity contribution < 1.29 is 9.18 Å². The number of aryl methyl sites for hydroxylation is 1. The van der Waals surface area contributed by atoms with Crippen molar-refractivity contribution in [2.45, 2.75) is 6.92 Å². The Hall–Kier alpha value is -2.46. The van der Waals surface area contributed by atoms with Gasteiger partial charge < -0.3 is 5.32 Å². The third kappa shape index (κ3) is 2.92. The fraction of sp³-hybridized carbons (Fsp3) is 0.0556. The number of carbonyl (C=O) groups is 1. The summed E-state index contributed by atoms with van der Waals surface area (Å²) in [6.45, 7) is 2.02. The maximum absolute atomic E-state index is 13.6. The molecule has 0 spiro atoms. The highest BCUT2D eigenvalue weighted by Crippen LogP contribution is 2.29. The van der Waals surface area contributed by atoms with Gasteiger partial charge in [-0.1, -0.05) is 42.0 Å². The number of hydrogen-bond donors (Lipinski definition) is 1. The first kappa shape index (κ1) is 14.5. The number of hydrogen-bond acceptors (Lipinski definition) is 2. The maximum atomic E-state index is 13.6. The van der Waals surface area contributed by atoms with E-state index in [0.29, 0.717) is 4.88 Å². The Balaban J connectivity index is 1.90. The van der Waals surface area contributed by atoms with Crippen LogP contribution in [0.15, 0.2) is 60.0 Å². The molecule has 0 saturated carbocycles. The summed E-state index contributed by atoms with van der Waals surface area (Å²) in [6, 6.07) is 16.0. The molecule has 0 aliphatic rings. The molecule has 1 N–H and O–H groups in total. The van der Waals surface area contributed by atoms with E-state index in [4.69, 9.17) is 0 Å². The number of halogens is 1. The van der Waals surface area contributed by atoms with Crippen LogP contribution in [0.2, 0.25) is 0 Å². The minimum absolute atomic E-state index is 0.191. The molecule has 2 aromatic carbocycles. The van der Waals surface area contributed by atoms with Crippen molar-refractivity contribution in [2.75, 3.05) is 5.32 Å². The molecule has 1 amide bonds. The first-order chi connectivity index (χ1) is 10.6. The van der Waals surface area contributed by atoms with Gasteiger partial charge in [0.1, 0.15) is 5.82 Å². The average Bonchev–Trinajstić information content (AvgIpc) is 3.00. The highest BCUT2D eigenvalue weighted by molar-refractivity contribution is 7.12. The zero-order chi connectivity index (χ0) is 15.5. The van der Waals surface area contributed by atoms with E-state index in [0.717, 1.165) is 16.7 Å². The van der Waals surface area contributed by atoms with Crippen LogP contribution in [-0.2, 0) is 0 Å². The zero-order valence-corrected chi connectivity index (χ0v) is 12.8. The molecule has 4 heteroatoms. The van der Waals surface area contributed by atoms with E-state index in [9.17, 15) is 9.18 Å². The Morgan fingerprint density at radius 3 is 2.50 bits per heavy atom. The van der Waals surface area contributed by atoms with Crippen molar-refractivity contribution in [1.29, 1.82) is 0 Å². The topological polar surface area (TPSA) is 29.1 Å². The summed E-state index contributed by atoms with van der Waals surface area (Å²) in [5, 5.41) is 4.50. The number of thiophene rings is 1. The van der Waals surface area contributed by atoms with Crippen molar-refractivity contribution in [2.24, 2.45) is 0 Å². The van der Waals surface area contributed by atoms with E-state index in [2.05, 4.69) is 5.32 Å². The summed E-state index contributed by atoms with van der Waals surface area (Å²) >= 11 is 1.35. The van der Waals surface area contributed by atoms with Crippen molar-refractivity contribution in [3.8, 4) is 11.1 Å². The van der Waals surface area contributed by atoms with E-state index in [-0.39, 0.29) is 11.6 Å². The van der Waals surface area contributed by atoms with E-state index < -0.39 is 5.82 Å². The molecule has 1 aromatic heterocycles. The van der Waals surface area contributed by atoms with Crippen LogP contribution in [-0.4, -0.2) is 5.91 Å². The standard InChI is InChI=1S/C18H14FNOS/c1-12-6-8-13(9-7-12)14-10-11-22-17(14)18(21)20-16-5-3-2-4-15(16)19/h2-11H,1H3,(H,20,21). The molecule has 0 aliphatic carbocycles. The third-order valence-electron chi connectivity index (χ3n) is 3.36. The lowest BCUT2D eigenvalue weighted by Gasteiger charge is -2.07. The van der Waals surface area contributed by atoms with Crippen LogP contribution < -0.4 is 5.32 Å². The lowest BCUT2D eigenvalue weighted by Crippen LogP contribution is -2.12. The Bertz CT molecular complexity index is 808. The highest BCUT2D eigenvalue weighted by atomic mass is 32.1. The van der Waals surface area contributed by atoms with Crippen LogP contribution in [0, 0.1) is 12.7 Å². The van der Waals surface area contributed by atoms with Crippen LogP contribution in [0.25, 0.3) is 11.1 Å². The van der Waals surface area contributed by atoms with Gasteiger partial charge in [0.15, 0.2) is 0 Å². The smallest absolute Gasteiger partial charge is 0.266 e. The van der Waals surface area contributed by atoms with Gasteiger partial charge in [-0.15, -0.1) is 11.3 Å². The van der Waals surface area contributed by atoms with Crippen molar-refractivity contribution >= 4 is 22.9 Å². The monoisotopic (exact) mass is 311 g/mol. The molecule has 0 radical (unpaired) electrons. The summed E-state index contributed by atoms with van der Waals surface area (Å²) in [4.78, 5) is 13.0. The van der Waals surface area contributed by atoms with E-state index in [1.54, 1.807) is 18.2 Å². The summed E-state index contributed by atoms with van der Waals surface area (Å²) in [6.07, 6.45) is 0. The van der Waals surface area contributed by atoms with Gasteiger partial charge in [-0.3, -0.25) is 4.79 Å². The first-order valence-corrected chi connectivity index (χ1v) is 7.73. The zero-order valence-electron chi connectivity index (χ0n) is 12.0. The Labute approximate surface area is 132 Å². The maximum Gasteiger partial charge on any atom is 0.266 e. The molecule has 3 aromatic rings. The molecular weight excluding hydrogens is 297 g/mol. The van der Waals surface area contributed by atoms with Gasteiger partial charge in [-0.25, -0.2) is 4.39 Å². The number of amides is 1. The summed E-state index contributed by atoms with van der Waals surface area (Å²) in [7, 11) is 0. The van der Waals surface area contributed by atoms with Gasteiger partial charge in [-0.05, 0) is 36.1 Å². The normalized spacial score (nSPS) is 10.5. The molecule has 1 heterocycles. The number of carbonyl (C=O) groups excluding carboxylic acids is 1. The molecule has 3 rings (SSSR count). The molecule has 0 unspecified atom stereocenters. The van der Waals surface area contributed by atoms with E-state index in [1.807, 2.05) is 42.6 Å². The fourth-order valence-electron chi connectivity index (χ4n) is 2.19. The Morgan fingerprint density at radius 1 is 1.05 bits per heavy atom. The second kappa shape index (κ2) is 6.12. The molecule has 0 atom stereocenters. The van der Waals surface area contributed by atoms with Crippen LogP contribution in [0.1, 0.15) is 15.2 Å². The average molecular weight is 311 g/mol. The molecular formula is C18H14FNOS. The van der Waals surface area contributed by atoms with Gasteiger partial charge in [0.2, 0.25) is 0 Å². The van der Waals surface area contributed by atoms with E-state index >= 15 is 0 Å². The SMILES string of the molecule is Cc1ccc(-c2ccsc2C(=O)Nc2ccccc2F)cc1. The summed E-state index contributed by atoms with van der Waals surface area (Å²) < 4.78 is 13.6. The van der Waals surface area contributed by atoms with Crippen LogP contribution >= 0.6 is 11.3 Å². The summed E-state index contributed by atoms with van der Waals surface area (Å²) in [5.74, 6) is -0.736. The Kier molecular flexibility index (Phi) is 4.02. The predicted octanol–water partition coefficient (Wildman–Crippen LogP) is 5.11. The molecule has 0 saturated heterocycles. The predicted molar refractivity (Wildman–Crippen MR) is 88.8 cm³/mol. The van der Waals surface area contributed by atoms with Gasteiger partial charge >= 0.3 is 0 Å². The quantitative estimate of drug-likeness (QED) is 0.715. The van der Waals surface area contributed by atoms with Gasteiger partial charge in [0.05, 0.1) is 10.6 Å². The second-order valence-electron chi connectivity index (χ2n) is 4.96. The lowest BCUT2D eigenvalue weighted by molar-refractivity contribution is 0.103. The minimum atomic E-state index is -0.440. The van der Waals surface area contributed by atoms with Crippen molar-refractivity contribution in [3.05, 3.63) is 76.2 Å². The van der Waals surface area contributed by atoms with Gasteiger partial charge in [0.25, 0.3) is 5.91 Å². The largest absolute Gasteiger partial charge is 0.319 e. The van der Waals surface area contributed by atoms with Crippen LogP contribution in [0.4, 0.5) is 10.1 Å².